The maximum absolute atomic E-state index is 9.24. The van der Waals surface area contributed by atoms with Crippen LogP contribution in [-0.4, -0.2) is 57.3 Å². The number of likely N-dealkylation sites (tertiary alicyclic amines) is 1. The summed E-state index contributed by atoms with van der Waals surface area (Å²) in [6.07, 6.45) is 6.61. The fourth-order valence-electron chi connectivity index (χ4n) is 5.34. The fourth-order valence-corrected chi connectivity index (χ4v) is 5.34. The summed E-state index contributed by atoms with van der Waals surface area (Å²) in [4.78, 5) is 13.5. The van der Waals surface area contributed by atoms with Gasteiger partial charge in [-0.15, -0.1) is 0 Å². The Labute approximate surface area is 187 Å². The van der Waals surface area contributed by atoms with Crippen LogP contribution in [0.15, 0.2) is 36.4 Å². The number of rotatable bonds is 3. The van der Waals surface area contributed by atoms with Gasteiger partial charge in [0.1, 0.15) is 5.69 Å². The van der Waals surface area contributed by atoms with Crippen LogP contribution in [0.25, 0.3) is 33.5 Å². The zero-order valence-electron chi connectivity index (χ0n) is 18.1. The average Bonchev–Trinajstić information content (AvgIpc) is 3.47. The van der Waals surface area contributed by atoms with Crippen LogP contribution in [0.1, 0.15) is 37.7 Å². The van der Waals surface area contributed by atoms with Crippen molar-refractivity contribution in [1.82, 2.24) is 25.1 Å². The number of nitriles is 1. The zero-order valence-corrected chi connectivity index (χ0v) is 18.1. The van der Waals surface area contributed by atoms with E-state index in [0.29, 0.717) is 5.56 Å². The molecule has 162 valence electrons. The number of benzene rings is 2. The Hall–Kier alpha value is -3.37. The summed E-state index contributed by atoms with van der Waals surface area (Å²) in [7, 11) is 0. The molecule has 0 saturated carbocycles. The minimum absolute atomic E-state index is 0.617. The maximum Gasteiger partial charge on any atom is 0.159 e. The lowest BCUT2D eigenvalue weighted by atomic mass is 9.99. The monoisotopic (exact) mass is 425 g/mol. The van der Waals surface area contributed by atoms with Crippen molar-refractivity contribution in [2.45, 2.75) is 38.1 Å². The highest BCUT2D eigenvalue weighted by Gasteiger charge is 2.26. The summed E-state index contributed by atoms with van der Waals surface area (Å²) < 4.78 is 0. The van der Waals surface area contributed by atoms with Crippen LogP contribution >= 0.6 is 0 Å². The second kappa shape index (κ2) is 7.95. The number of H-pyrrole nitrogens is 2. The average molecular weight is 426 g/mol. The summed E-state index contributed by atoms with van der Waals surface area (Å²) in [5, 5.41) is 17.7. The molecule has 2 saturated heterocycles. The number of hydrogen-bond acceptors (Lipinski definition) is 5. The van der Waals surface area contributed by atoms with Crippen LogP contribution in [0.2, 0.25) is 0 Å². The van der Waals surface area contributed by atoms with Crippen LogP contribution in [0.3, 0.4) is 0 Å². The van der Waals surface area contributed by atoms with Crippen molar-refractivity contribution >= 4 is 27.6 Å². The smallest absolute Gasteiger partial charge is 0.159 e. The van der Waals surface area contributed by atoms with E-state index in [1.165, 1.54) is 50.9 Å². The first kappa shape index (κ1) is 19.3. The molecule has 0 spiro atoms. The summed E-state index contributed by atoms with van der Waals surface area (Å²) in [5.41, 5.74) is 5.46. The summed E-state index contributed by atoms with van der Waals surface area (Å²) in [6.45, 7) is 4.78. The van der Waals surface area contributed by atoms with E-state index in [2.05, 4.69) is 49.2 Å². The largest absolute Gasteiger partial charge is 0.371 e. The number of nitrogens with one attached hydrogen (secondary N) is 2. The van der Waals surface area contributed by atoms with Gasteiger partial charge in [-0.2, -0.15) is 10.4 Å². The van der Waals surface area contributed by atoms with E-state index in [1.54, 1.807) is 6.07 Å². The molecular weight excluding hydrogens is 398 g/mol. The van der Waals surface area contributed by atoms with Crippen molar-refractivity contribution in [3.8, 4) is 17.6 Å². The first-order chi connectivity index (χ1) is 15.8. The highest BCUT2D eigenvalue weighted by atomic mass is 15.2. The molecule has 0 unspecified atom stereocenters. The van der Waals surface area contributed by atoms with Crippen LogP contribution in [0, 0.1) is 11.3 Å². The van der Waals surface area contributed by atoms with Crippen molar-refractivity contribution in [3.05, 3.63) is 42.0 Å². The fraction of sp³-hybridized carbons (Fsp3) is 0.400. The van der Waals surface area contributed by atoms with E-state index in [-0.39, 0.29) is 0 Å². The SMILES string of the molecule is N#Cc1ccc2[nH]nc(-c3nc4ccc(N5CCC(N6CCCCC6)CC5)cc4[nH]3)c2c1. The van der Waals surface area contributed by atoms with Crippen molar-refractivity contribution in [2.24, 2.45) is 0 Å². The summed E-state index contributed by atoms with van der Waals surface area (Å²) in [6, 6.07) is 15.0. The lowest BCUT2D eigenvalue weighted by Gasteiger charge is -2.41. The van der Waals surface area contributed by atoms with Crippen molar-refractivity contribution in [1.29, 1.82) is 5.26 Å². The molecule has 0 amide bonds. The predicted octanol–water partition coefficient (Wildman–Crippen LogP) is 4.43. The van der Waals surface area contributed by atoms with Gasteiger partial charge in [-0.05, 0) is 75.2 Å². The highest BCUT2D eigenvalue weighted by molar-refractivity contribution is 5.94. The van der Waals surface area contributed by atoms with Gasteiger partial charge in [-0.25, -0.2) is 4.98 Å². The number of fused-ring (bicyclic) bond motifs is 2. The molecule has 32 heavy (non-hydrogen) atoms. The van der Waals surface area contributed by atoms with E-state index >= 15 is 0 Å². The molecule has 0 atom stereocenters. The highest BCUT2D eigenvalue weighted by Crippen LogP contribution is 2.30. The van der Waals surface area contributed by atoms with Gasteiger partial charge in [-0.3, -0.25) is 5.10 Å². The van der Waals surface area contributed by atoms with Crippen LogP contribution < -0.4 is 4.90 Å². The minimum atomic E-state index is 0.617. The van der Waals surface area contributed by atoms with E-state index in [0.717, 1.165) is 52.6 Å². The predicted molar refractivity (Wildman–Crippen MR) is 127 cm³/mol. The Morgan fingerprint density at radius 1 is 0.938 bits per heavy atom. The lowest BCUT2D eigenvalue weighted by Crippen LogP contribution is -2.46. The molecule has 7 heteroatoms. The maximum atomic E-state index is 9.24. The summed E-state index contributed by atoms with van der Waals surface area (Å²) >= 11 is 0. The normalized spacial score (nSPS) is 18.4. The Balaban J connectivity index is 1.24. The molecule has 2 N–H and O–H groups in total. The molecule has 2 aromatic heterocycles. The Bertz CT molecular complexity index is 1300. The third kappa shape index (κ3) is 3.41. The number of anilines is 1. The lowest BCUT2D eigenvalue weighted by molar-refractivity contribution is 0.141. The van der Waals surface area contributed by atoms with Gasteiger partial charge in [0.25, 0.3) is 0 Å². The van der Waals surface area contributed by atoms with Crippen molar-refractivity contribution < 1.29 is 0 Å². The molecule has 0 bridgehead atoms. The van der Waals surface area contributed by atoms with Gasteiger partial charge in [0.15, 0.2) is 5.82 Å². The molecule has 2 aromatic carbocycles. The van der Waals surface area contributed by atoms with Crippen LogP contribution in [0.5, 0.6) is 0 Å². The van der Waals surface area contributed by atoms with Gasteiger partial charge in [0, 0.05) is 30.2 Å². The molecule has 2 fully saturated rings. The second-order valence-corrected chi connectivity index (χ2v) is 9.05. The Morgan fingerprint density at radius 2 is 1.78 bits per heavy atom. The molecule has 4 aromatic rings. The van der Waals surface area contributed by atoms with Gasteiger partial charge in [-0.1, -0.05) is 6.42 Å². The topological polar surface area (TPSA) is 87.6 Å². The quantitative estimate of drug-likeness (QED) is 0.507. The molecule has 0 radical (unpaired) electrons. The molecule has 2 aliphatic heterocycles. The number of imidazole rings is 1. The molecule has 6 rings (SSSR count). The molecule has 4 heterocycles. The Kier molecular flexibility index (Phi) is 4.80. The first-order valence-corrected chi connectivity index (χ1v) is 11.7. The number of piperidine rings is 2. The molecule has 0 aliphatic carbocycles. The van der Waals surface area contributed by atoms with Crippen LogP contribution in [0.4, 0.5) is 5.69 Å². The van der Waals surface area contributed by atoms with Gasteiger partial charge in [0.2, 0.25) is 0 Å². The molecule has 2 aliphatic rings. The van der Waals surface area contributed by atoms with Crippen molar-refractivity contribution in [2.75, 3.05) is 31.1 Å². The standard InChI is InChI=1S/C25H27N7/c26-16-17-4-6-21-20(14-17)24(30-29-21)25-27-22-7-5-19(15-23(22)28-25)32-12-8-18(9-13-32)31-10-2-1-3-11-31/h4-7,14-15,18H,1-3,8-13H2,(H,27,28)(H,29,30). The third-order valence-corrected chi connectivity index (χ3v) is 7.12. The van der Waals surface area contributed by atoms with E-state index < -0.39 is 0 Å². The van der Waals surface area contributed by atoms with Crippen molar-refractivity contribution in [3.63, 3.8) is 0 Å². The van der Waals surface area contributed by atoms with Gasteiger partial charge < -0.3 is 14.8 Å². The molecular formula is C25H27N7. The third-order valence-electron chi connectivity index (χ3n) is 7.12. The van der Waals surface area contributed by atoms with Gasteiger partial charge >= 0.3 is 0 Å². The van der Waals surface area contributed by atoms with Gasteiger partial charge in [0.05, 0.1) is 28.2 Å². The second-order valence-electron chi connectivity index (χ2n) is 9.05. The minimum Gasteiger partial charge on any atom is -0.371 e. The van der Waals surface area contributed by atoms with E-state index in [1.807, 2.05) is 12.1 Å². The number of aromatic nitrogens is 4. The first-order valence-electron chi connectivity index (χ1n) is 11.7. The number of hydrogen-bond donors (Lipinski definition) is 2. The zero-order chi connectivity index (χ0) is 21.5. The Morgan fingerprint density at radius 3 is 2.59 bits per heavy atom. The number of aromatic amines is 2. The van der Waals surface area contributed by atoms with Crippen LogP contribution in [-0.2, 0) is 0 Å². The summed E-state index contributed by atoms with van der Waals surface area (Å²) in [5.74, 6) is 0.724. The molecule has 7 nitrogen and oxygen atoms in total. The number of nitrogens with zero attached hydrogens (tertiary/aromatic N) is 5. The van der Waals surface area contributed by atoms with E-state index in [4.69, 9.17) is 4.98 Å². The van der Waals surface area contributed by atoms with E-state index in [9.17, 15) is 5.26 Å².